The van der Waals surface area contributed by atoms with E-state index >= 15 is 0 Å². The van der Waals surface area contributed by atoms with Crippen molar-refractivity contribution in [3.63, 3.8) is 0 Å². The normalized spacial score (nSPS) is 16.4. The molecule has 6 nitrogen and oxygen atoms in total. The number of halogens is 12. The fourth-order valence-corrected chi connectivity index (χ4v) is 5.57. The Morgan fingerprint density at radius 3 is 1.81 bits per heavy atom. The highest BCUT2D eigenvalue weighted by atomic mass is 19.4. The molecule has 0 saturated heterocycles. The van der Waals surface area contributed by atoms with Gasteiger partial charge in [-0.1, -0.05) is 44.2 Å². The fraction of sp³-hybridized carbons (Fsp3) is 0.412. The van der Waals surface area contributed by atoms with Gasteiger partial charge < -0.3 is 14.4 Å². The van der Waals surface area contributed by atoms with Gasteiger partial charge in [0, 0.05) is 24.9 Å². The average molecular weight is 761 g/mol. The molecule has 0 N–H and O–H groups in total. The SMILES string of the molecule is CC.COC(=O)N(Cc1cc(C(F)(F)F)cc(C(F)(F)F)c1)C1CC(CCOCc2ccccc2)N(C(=O)C(F)(F)F)c2ccc(C(F)(F)F)cc21. The van der Waals surface area contributed by atoms with Crippen molar-refractivity contribution in [1.82, 2.24) is 4.90 Å². The molecular weight excluding hydrogens is 728 g/mol. The minimum atomic E-state index is -5.54. The summed E-state index contributed by atoms with van der Waals surface area (Å²) in [5.74, 6) is -2.47. The van der Waals surface area contributed by atoms with Gasteiger partial charge in [-0.25, -0.2) is 4.79 Å². The molecule has 0 spiro atoms. The van der Waals surface area contributed by atoms with Gasteiger partial charge in [-0.3, -0.25) is 9.69 Å². The molecule has 0 aliphatic carbocycles. The molecule has 2 atom stereocenters. The second kappa shape index (κ2) is 16.5. The lowest BCUT2D eigenvalue weighted by atomic mass is 9.87. The highest BCUT2D eigenvalue weighted by Crippen LogP contribution is 2.46. The summed E-state index contributed by atoms with van der Waals surface area (Å²) in [5, 5.41) is 0. The monoisotopic (exact) mass is 760 g/mol. The zero-order valence-electron chi connectivity index (χ0n) is 27.6. The largest absolute Gasteiger partial charge is 0.471 e. The van der Waals surface area contributed by atoms with Gasteiger partial charge in [-0.2, -0.15) is 52.7 Å². The highest BCUT2D eigenvalue weighted by Gasteiger charge is 2.50. The van der Waals surface area contributed by atoms with E-state index in [0.29, 0.717) is 28.7 Å². The van der Waals surface area contributed by atoms with E-state index in [1.54, 1.807) is 30.3 Å². The molecule has 3 aromatic carbocycles. The van der Waals surface area contributed by atoms with E-state index < -0.39 is 95.3 Å². The van der Waals surface area contributed by atoms with Crippen molar-refractivity contribution in [2.45, 2.75) is 76.6 Å². The lowest BCUT2D eigenvalue weighted by Crippen LogP contribution is -2.53. The molecular formula is C34H32F12N2O4. The third kappa shape index (κ3) is 10.3. The molecule has 0 fully saturated rings. The van der Waals surface area contributed by atoms with Gasteiger partial charge in [-0.05, 0) is 65.9 Å². The summed E-state index contributed by atoms with van der Waals surface area (Å²) in [5.41, 5.74) is -6.46. The summed E-state index contributed by atoms with van der Waals surface area (Å²) in [6, 6.07) is 6.87. The highest BCUT2D eigenvalue weighted by molar-refractivity contribution is 5.99. The summed E-state index contributed by atoms with van der Waals surface area (Å²) in [6.07, 6.45) is -23.8. The van der Waals surface area contributed by atoms with Crippen LogP contribution in [-0.4, -0.2) is 42.8 Å². The van der Waals surface area contributed by atoms with Crippen LogP contribution in [0.4, 0.5) is 63.2 Å². The molecule has 1 aliphatic heterocycles. The van der Waals surface area contributed by atoms with Crippen molar-refractivity contribution in [2.75, 3.05) is 18.6 Å². The zero-order valence-corrected chi connectivity index (χ0v) is 27.6. The molecule has 3 aromatic rings. The molecule has 1 heterocycles. The number of carbonyl (C=O) groups is 2. The number of hydrogen-bond acceptors (Lipinski definition) is 4. The maximum Gasteiger partial charge on any atom is 0.471 e. The number of carbonyl (C=O) groups excluding carboxylic acids is 2. The Morgan fingerprint density at radius 1 is 0.750 bits per heavy atom. The number of benzene rings is 3. The molecule has 0 aromatic heterocycles. The molecule has 52 heavy (non-hydrogen) atoms. The minimum Gasteiger partial charge on any atom is -0.453 e. The first-order valence-electron chi connectivity index (χ1n) is 15.5. The smallest absolute Gasteiger partial charge is 0.453 e. The van der Waals surface area contributed by atoms with Crippen LogP contribution in [0.15, 0.2) is 66.7 Å². The van der Waals surface area contributed by atoms with Gasteiger partial charge in [0.05, 0.1) is 36.4 Å². The van der Waals surface area contributed by atoms with E-state index in [2.05, 4.69) is 0 Å². The Kier molecular flexibility index (Phi) is 13.3. The summed E-state index contributed by atoms with van der Waals surface area (Å²) >= 11 is 0. The van der Waals surface area contributed by atoms with E-state index in [-0.39, 0.29) is 42.7 Å². The summed E-state index contributed by atoms with van der Waals surface area (Å²) < 4.78 is 175. The number of anilines is 1. The molecule has 18 heteroatoms. The number of amides is 2. The molecule has 0 radical (unpaired) electrons. The Labute approximate surface area is 289 Å². The first-order valence-corrected chi connectivity index (χ1v) is 15.5. The van der Waals surface area contributed by atoms with Gasteiger partial charge >= 0.3 is 36.7 Å². The van der Waals surface area contributed by atoms with Gasteiger partial charge in [0.25, 0.3) is 0 Å². The third-order valence-electron chi connectivity index (χ3n) is 7.79. The van der Waals surface area contributed by atoms with Crippen LogP contribution in [0.1, 0.15) is 66.1 Å². The second-order valence-corrected chi connectivity index (χ2v) is 11.2. The van der Waals surface area contributed by atoms with Gasteiger partial charge in [0.1, 0.15) is 0 Å². The Balaban J connectivity index is 0.00000358. The molecule has 4 rings (SSSR count). The van der Waals surface area contributed by atoms with Crippen molar-refractivity contribution in [1.29, 1.82) is 0 Å². The van der Waals surface area contributed by atoms with Crippen LogP contribution in [-0.2, 0) is 45.9 Å². The molecule has 2 unspecified atom stereocenters. The van der Waals surface area contributed by atoms with Crippen LogP contribution in [0.5, 0.6) is 0 Å². The van der Waals surface area contributed by atoms with Crippen molar-refractivity contribution in [3.05, 3.63) is 100 Å². The van der Waals surface area contributed by atoms with Crippen LogP contribution in [0, 0.1) is 0 Å². The van der Waals surface area contributed by atoms with E-state index in [0.717, 1.165) is 7.11 Å². The zero-order chi connectivity index (χ0) is 39.2. The lowest BCUT2D eigenvalue weighted by molar-refractivity contribution is -0.171. The summed E-state index contributed by atoms with van der Waals surface area (Å²) in [6.45, 7) is 2.54. The summed E-state index contributed by atoms with van der Waals surface area (Å²) in [7, 11) is 0.771. The quantitative estimate of drug-likeness (QED) is 0.170. The predicted octanol–water partition coefficient (Wildman–Crippen LogP) is 10.4. The molecule has 2 amide bonds. The molecule has 286 valence electrons. The van der Waals surface area contributed by atoms with Crippen molar-refractivity contribution < 1.29 is 71.7 Å². The number of nitrogens with zero attached hydrogens (tertiary/aromatic N) is 2. The van der Waals surface area contributed by atoms with Crippen LogP contribution in [0.25, 0.3) is 0 Å². The maximum atomic E-state index is 13.9. The third-order valence-corrected chi connectivity index (χ3v) is 7.79. The Morgan fingerprint density at radius 2 is 1.31 bits per heavy atom. The van der Waals surface area contributed by atoms with E-state index in [9.17, 15) is 62.3 Å². The topological polar surface area (TPSA) is 59.1 Å². The molecule has 0 bridgehead atoms. The van der Waals surface area contributed by atoms with Crippen LogP contribution >= 0.6 is 0 Å². The van der Waals surface area contributed by atoms with E-state index in [1.807, 2.05) is 13.8 Å². The Bertz CT molecular complexity index is 1640. The van der Waals surface area contributed by atoms with Gasteiger partial charge in [-0.15, -0.1) is 0 Å². The standard InChI is InChI=1S/C32H26F12N2O4.C2H6/c1-49-28(48)45(16-19-11-21(30(36,37)38)13-22(12-19)31(39,40)41)26-15-23(9-10-50-17-18-5-3-2-4-6-18)46(27(47)32(42,43)44)25-8-7-20(14-24(25)26)29(33,34)35;1-2/h2-8,11-14,23,26H,9-10,15-17H2,1H3;1-2H3. The molecule has 1 aliphatic rings. The van der Waals surface area contributed by atoms with E-state index in [4.69, 9.17) is 9.47 Å². The first kappa shape index (κ1) is 41.9. The van der Waals surface area contributed by atoms with Gasteiger partial charge in [0.15, 0.2) is 0 Å². The number of fused-ring (bicyclic) bond motifs is 1. The predicted molar refractivity (Wildman–Crippen MR) is 163 cm³/mol. The fourth-order valence-electron chi connectivity index (χ4n) is 5.57. The molecule has 0 saturated carbocycles. The summed E-state index contributed by atoms with van der Waals surface area (Å²) in [4.78, 5) is 26.6. The van der Waals surface area contributed by atoms with Crippen LogP contribution in [0.3, 0.4) is 0 Å². The number of methoxy groups -OCH3 is 1. The number of rotatable bonds is 8. The van der Waals surface area contributed by atoms with Crippen molar-refractivity contribution in [3.8, 4) is 0 Å². The number of hydrogen-bond donors (Lipinski definition) is 0. The Hall–Kier alpha value is -4.48. The van der Waals surface area contributed by atoms with Crippen LogP contribution < -0.4 is 4.90 Å². The second-order valence-electron chi connectivity index (χ2n) is 11.2. The van der Waals surface area contributed by atoms with Crippen molar-refractivity contribution in [2.24, 2.45) is 0 Å². The number of alkyl halides is 12. The van der Waals surface area contributed by atoms with Gasteiger partial charge in [0.2, 0.25) is 0 Å². The first-order chi connectivity index (χ1) is 24.1. The maximum absolute atomic E-state index is 13.9. The lowest BCUT2D eigenvalue weighted by Gasteiger charge is -2.44. The van der Waals surface area contributed by atoms with Crippen LogP contribution in [0.2, 0.25) is 0 Å². The van der Waals surface area contributed by atoms with Crippen molar-refractivity contribution >= 4 is 17.7 Å². The van der Waals surface area contributed by atoms with E-state index in [1.165, 1.54) is 0 Å². The average Bonchev–Trinajstić information content (AvgIpc) is 3.07. The number of ether oxygens (including phenoxy) is 2. The minimum absolute atomic E-state index is 0.0267.